The number of aromatic nitrogens is 1. The highest BCUT2D eigenvalue weighted by Gasteiger charge is 2.15. The van der Waals surface area contributed by atoms with Gasteiger partial charge < -0.3 is 10.5 Å². The number of hydrogen-bond donors (Lipinski definition) is 1. The molecule has 0 saturated heterocycles. The third-order valence-corrected chi connectivity index (χ3v) is 3.48. The molecule has 4 nitrogen and oxygen atoms in total. The molecule has 0 saturated carbocycles. The van der Waals surface area contributed by atoms with Crippen LogP contribution in [0.1, 0.15) is 22.5 Å². The quantitative estimate of drug-likeness (QED) is 0.907. The Balaban J connectivity index is 2.81. The molecule has 0 aliphatic heterocycles. The van der Waals surface area contributed by atoms with Gasteiger partial charge in [-0.1, -0.05) is 6.07 Å². The number of hydrogen-bond acceptors (Lipinski definition) is 4. The Morgan fingerprint density at radius 3 is 2.55 bits per heavy atom. The summed E-state index contributed by atoms with van der Waals surface area (Å²) in [6.45, 7) is 5.82. The van der Waals surface area contributed by atoms with Crippen LogP contribution in [0.15, 0.2) is 18.2 Å². The zero-order valence-electron chi connectivity index (χ0n) is 12.1. The minimum atomic E-state index is 0.369. The van der Waals surface area contributed by atoms with E-state index < -0.39 is 0 Å². The van der Waals surface area contributed by atoms with Crippen molar-refractivity contribution in [2.24, 2.45) is 0 Å². The minimum Gasteiger partial charge on any atom is -0.496 e. The molecule has 1 heterocycles. The number of nitriles is 1. The molecule has 0 aliphatic rings. The van der Waals surface area contributed by atoms with Crippen molar-refractivity contribution in [3.8, 4) is 22.9 Å². The minimum absolute atomic E-state index is 0.369. The Morgan fingerprint density at radius 2 is 1.95 bits per heavy atom. The first-order chi connectivity index (χ1) is 9.49. The van der Waals surface area contributed by atoms with Crippen LogP contribution in [0, 0.1) is 32.1 Å². The second kappa shape index (κ2) is 5.22. The highest BCUT2D eigenvalue weighted by molar-refractivity contribution is 5.83. The van der Waals surface area contributed by atoms with Crippen LogP contribution in [0.25, 0.3) is 11.1 Å². The fourth-order valence-electron chi connectivity index (χ4n) is 2.41. The maximum atomic E-state index is 9.09. The zero-order valence-corrected chi connectivity index (χ0v) is 12.1. The Morgan fingerprint density at radius 1 is 1.25 bits per heavy atom. The van der Waals surface area contributed by atoms with Crippen molar-refractivity contribution in [2.45, 2.75) is 20.8 Å². The predicted molar refractivity (Wildman–Crippen MR) is 79.6 cm³/mol. The summed E-state index contributed by atoms with van der Waals surface area (Å²) in [5.41, 5.74) is 11.7. The monoisotopic (exact) mass is 267 g/mol. The molecule has 102 valence electrons. The second-order valence-electron chi connectivity index (χ2n) is 4.75. The number of pyridine rings is 1. The van der Waals surface area contributed by atoms with Gasteiger partial charge in [0.2, 0.25) is 0 Å². The van der Waals surface area contributed by atoms with Crippen LogP contribution in [0.4, 0.5) is 5.69 Å². The Hall–Kier alpha value is -2.54. The lowest BCUT2D eigenvalue weighted by atomic mass is 9.93. The van der Waals surface area contributed by atoms with Crippen molar-refractivity contribution in [2.75, 3.05) is 12.8 Å². The van der Waals surface area contributed by atoms with Crippen LogP contribution in [-0.2, 0) is 0 Å². The van der Waals surface area contributed by atoms with Gasteiger partial charge in [0, 0.05) is 5.56 Å². The topological polar surface area (TPSA) is 71.9 Å². The second-order valence-corrected chi connectivity index (χ2v) is 4.75. The number of rotatable bonds is 2. The molecule has 0 unspecified atom stereocenters. The molecule has 2 aromatic rings. The molecule has 0 bridgehead atoms. The molecule has 0 amide bonds. The Bertz CT molecular complexity index is 715. The first-order valence-electron chi connectivity index (χ1n) is 6.31. The zero-order chi connectivity index (χ0) is 14.9. The standard InChI is InChI=1S/C16H17N3O/c1-9-5-6-14(20-4)10(2)15(9)13-7-12(8-17)19-11(3)16(13)18/h5-7H,18H2,1-4H3. The fraction of sp³-hybridized carbons (Fsp3) is 0.250. The summed E-state index contributed by atoms with van der Waals surface area (Å²) in [5, 5.41) is 9.09. The molecule has 0 spiro atoms. The third kappa shape index (κ3) is 2.19. The molecule has 2 rings (SSSR count). The van der Waals surface area contributed by atoms with Crippen LogP contribution in [0.5, 0.6) is 5.75 Å². The smallest absolute Gasteiger partial charge is 0.141 e. The van der Waals surface area contributed by atoms with E-state index in [1.807, 2.05) is 32.9 Å². The van der Waals surface area contributed by atoms with E-state index >= 15 is 0 Å². The Kier molecular flexibility index (Phi) is 3.62. The normalized spacial score (nSPS) is 10.2. The van der Waals surface area contributed by atoms with E-state index in [2.05, 4.69) is 11.1 Å². The van der Waals surface area contributed by atoms with Crippen molar-refractivity contribution < 1.29 is 4.74 Å². The number of benzene rings is 1. The number of ether oxygens (including phenoxy) is 1. The van der Waals surface area contributed by atoms with Crippen molar-refractivity contribution in [1.82, 2.24) is 4.98 Å². The lowest BCUT2D eigenvalue weighted by molar-refractivity contribution is 0.412. The number of nitrogens with zero attached hydrogens (tertiary/aromatic N) is 2. The number of nitrogens with two attached hydrogens (primary N) is 1. The summed E-state index contributed by atoms with van der Waals surface area (Å²) < 4.78 is 5.37. The lowest BCUT2D eigenvalue weighted by Gasteiger charge is -2.16. The van der Waals surface area contributed by atoms with Gasteiger partial charge in [-0.3, -0.25) is 0 Å². The number of aryl methyl sites for hydroxylation is 2. The van der Waals surface area contributed by atoms with Crippen LogP contribution < -0.4 is 10.5 Å². The molecular formula is C16H17N3O. The fourth-order valence-corrected chi connectivity index (χ4v) is 2.41. The van der Waals surface area contributed by atoms with Crippen molar-refractivity contribution in [3.63, 3.8) is 0 Å². The van der Waals surface area contributed by atoms with E-state index in [0.29, 0.717) is 17.1 Å². The third-order valence-electron chi connectivity index (χ3n) is 3.48. The van der Waals surface area contributed by atoms with Crippen LogP contribution in [0.2, 0.25) is 0 Å². The summed E-state index contributed by atoms with van der Waals surface area (Å²) in [7, 11) is 1.64. The van der Waals surface area contributed by atoms with Crippen molar-refractivity contribution in [3.05, 3.63) is 40.7 Å². The van der Waals surface area contributed by atoms with Gasteiger partial charge in [-0.15, -0.1) is 0 Å². The van der Waals surface area contributed by atoms with Gasteiger partial charge in [-0.25, -0.2) is 4.98 Å². The molecule has 1 aromatic heterocycles. The van der Waals surface area contributed by atoms with Gasteiger partial charge in [0.25, 0.3) is 0 Å². The summed E-state index contributed by atoms with van der Waals surface area (Å²) in [6, 6.07) is 7.73. The maximum Gasteiger partial charge on any atom is 0.141 e. The molecule has 20 heavy (non-hydrogen) atoms. The van der Waals surface area contributed by atoms with Gasteiger partial charge in [-0.05, 0) is 49.6 Å². The number of nitrogen functional groups attached to an aromatic ring is 1. The average molecular weight is 267 g/mol. The SMILES string of the molecule is COc1ccc(C)c(-c2cc(C#N)nc(C)c2N)c1C. The first kappa shape index (κ1) is 13.9. The molecule has 4 heteroatoms. The van der Waals surface area contributed by atoms with E-state index in [1.165, 1.54) is 0 Å². The first-order valence-corrected chi connectivity index (χ1v) is 6.31. The van der Waals surface area contributed by atoms with Gasteiger partial charge >= 0.3 is 0 Å². The van der Waals surface area contributed by atoms with Gasteiger partial charge in [-0.2, -0.15) is 5.26 Å². The van der Waals surface area contributed by atoms with E-state index in [4.69, 9.17) is 15.7 Å². The number of methoxy groups -OCH3 is 1. The summed E-state index contributed by atoms with van der Waals surface area (Å²) >= 11 is 0. The highest BCUT2D eigenvalue weighted by Crippen LogP contribution is 2.37. The van der Waals surface area contributed by atoms with Crippen LogP contribution in [-0.4, -0.2) is 12.1 Å². The van der Waals surface area contributed by atoms with E-state index in [-0.39, 0.29) is 0 Å². The van der Waals surface area contributed by atoms with Gasteiger partial charge in [0.05, 0.1) is 18.5 Å². The van der Waals surface area contributed by atoms with Crippen LogP contribution in [0.3, 0.4) is 0 Å². The molecule has 0 aliphatic carbocycles. The summed E-state index contributed by atoms with van der Waals surface area (Å²) in [4.78, 5) is 4.16. The van der Waals surface area contributed by atoms with Crippen LogP contribution >= 0.6 is 0 Å². The average Bonchev–Trinajstić information content (AvgIpc) is 2.43. The molecule has 0 radical (unpaired) electrons. The summed E-state index contributed by atoms with van der Waals surface area (Å²) in [5.74, 6) is 0.804. The molecular weight excluding hydrogens is 250 g/mol. The maximum absolute atomic E-state index is 9.09. The molecule has 1 aromatic carbocycles. The molecule has 2 N–H and O–H groups in total. The molecule has 0 fully saturated rings. The van der Waals surface area contributed by atoms with Crippen molar-refractivity contribution >= 4 is 5.69 Å². The van der Waals surface area contributed by atoms with Gasteiger partial charge in [0.1, 0.15) is 17.5 Å². The highest BCUT2D eigenvalue weighted by atomic mass is 16.5. The Labute approximate surface area is 118 Å². The van der Waals surface area contributed by atoms with Gasteiger partial charge in [0.15, 0.2) is 0 Å². The van der Waals surface area contributed by atoms with E-state index in [9.17, 15) is 0 Å². The summed E-state index contributed by atoms with van der Waals surface area (Å²) in [6.07, 6.45) is 0. The van der Waals surface area contributed by atoms with E-state index in [0.717, 1.165) is 28.0 Å². The largest absolute Gasteiger partial charge is 0.496 e. The van der Waals surface area contributed by atoms with E-state index in [1.54, 1.807) is 13.2 Å². The predicted octanol–water partition coefficient (Wildman–Crippen LogP) is 3.14. The molecule has 0 atom stereocenters. The lowest BCUT2D eigenvalue weighted by Crippen LogP contribution is -2.02. The van der Waals surface area contributed by atoms with Crippen molar-refractivity contribution in [1.29, 1.82) is 5.26 Å². The number of anilines is 1.